The van der Waals surface area contributed by atoms with Gasteiger partial charge in [-0.15, -0.1) is 0 Å². The summed E-state index contributed by atoms with van der Waals surface area (Å²) in [6, 6.07) is 1.05. The Morgan fingerprint density at radius 1 is 1.33 bits per heavy atom. The van der Waals surface area contributed by atoms with E-state index >= 15 is 0 Å². The van der Waals surface area contributed by atoms with E-state index in [2.05, 4.69) is 39.4 Å². The molecule has 10 heteroatoms. The van der Waals surface area contributed by atoms with Crippen LogP contribution in [0.5, 0.6) is 0 Å². The van der Waals surface area contributed by atoms with E-state index < -0.39 is 11.7 Å². The van der Waals surface area contributed by atoms with E-state index in [1.54, 1.807) is 7.05 Å². The first-order chi connectivity index (χ1) is 14.3. The monoisotopic (exact) mass is 448 g/mol. The molecular formula is C20H32ClF3N6. The number of rotatable bonds is 9. The number of unbranched alkanes of at least 4 members (excludes halogenated alkanes) is 1. The fourth-order valence-corrected chi connectivity index (χ4v) is 3.77. The fourth-order valence-electron chi connectivity index (χ4n) is 3.48. The van der Waals surface area contributed by atoms with E-state index in [-0.39, 0.29) is 11.1 Å². The number of hydrogen-bond acceptors (Lipinski definition) is 4. The van der Waals surface area contributed by atoms with Gasteiger partial charge in [0.15, 0.2) is 5.96 Å². The summed E-state index contributed by atoms with van der Waals surface area (Å²) in [5.41, 5.74) is -0.837. The molecule has 0 aliphatic carbocycles. The highest BCUT2D eigenvalue weighted by Gasteiger charge is 2.33. The molecule has 1 aliphatic heterocycles. The summed E-state index contributed by atoms with van der Waals surface area (Å²) in [4.78, 5) is 12.5. The number of pyridine rings is 1. The Morgan fingerprint density at radius 2 is 2.07 bits per heavy atom. The van der Waals surface area contributed by atoms with Crippen molar-refractivity contribution in [1.29, 1.82) is 0 Å². The number of alkyl halides is 3. The average Bonchev–Trinajstić information content (AvgIpc) is 3.17. The summed E-state index contributed by atoms with van der Waals surface area (Å²) in [5.74, 6) is 1.12. The maximum Gasteiger partial charge on any atom is 0.417 e. The zero-order chi connectivity index (χ0) is 22.1. The van der Waals surface area contributed by atoms with Gasteiger partial charge in [0.05, 0.1) is 10.6 Å². The Kier molecular flexibility index (Phi) is 9.48. The third kappa shape index (κ3) is 7.19. The SMILES string of the molecule is CCN(CC)CCCCNC(=NC)NC1CCN(c2ncc(C(F)(F)F)cc2Cl)C1. The van der Waals surface area contributed by atoms with Gasteiger partial charge in [-0.05, 0) is 45.0 Å². The summed E-state index contributed by atoms with van der Waals surface area (Å²) in [5, 5.41) is 6.72. The lowest BCUT2D eigenvalue weighted by Crippen LogP contribution is -2.45. The van der Waals surface area contributed by atoms with Crippen molar-refractivity contribution in [1.82, 2.24) is 20.5 Å². The van der Waals surface area contributed by atoms with E-state index in [1.165, 1.54) is 0 Å². The predicted octanol–water partition coefficient (Wildman–Crippen LogP) is 3.62. The molecule has 170 valence electrons. The van der Waals surface area contributed by atoms with Gasteiger partial charge >= 0.3 is 6.18 Å². The largest absolute Gasteiger partial charge is 0.417 e. The van der Waals surface area contributed by atoms with Crippen molar-refractivity contribution < 1.29 is 13.2 Å². The smallest absolute Gasteiger partial charge is 0.356 e. The van der Waals surface area contributed by atoms with Crippen LogP contribution in [0, 0.1) is 0 Å². The summed E-state index contributed by atoms with van der Waals surface area (Å²) in [7, 11) is 1.73. The molecule has 0 saturated carbocycles. The van der Waals surface area contributed by atoms with Crippen LogP contribution in [-0.4, -0.2) is 68.2 Å². The molecular weight excluding hydrogens is 417 g/mol. The second-order valence-corrected chi connectivity index (χ2v) is 7.74. The summed E-state index contributed by atoms with van der Waals surface area (Å²) in [6.07, 6.45) is -0.615. The van der Waals surface area contributed by atoms with E-state index in [1.807, 2.05) is 4.90 Å². The molecule has 2 N–H and O–H groups in total. The molecule has 1 aliphatic rings. The maximum atomic E-state index is 12.8. The maximum absolute atomic E-state index is 12.8. The van der Waals surface area contributed by atoms with Gasteiger partial charge in [-0.3, -0.25) is 4.99 Å². The zero-order valence-electron chi connectivity index (χ0n) is 17.9. The Balaban J connectivity index is 1.79. The second-order valence-electron chi connectivity index (χ2n) is 7.34. The Bertz CT molecular complexity index is 694. The first kappa shape index (κ1) is 24.5. The molecule has 1 atom stereocenters. The van der Waals surface area contributed by atoms with E-state index in [0.29, 0.717) is 18.9 Å². The average molecular weight is 449 g/mol. The van der Waals surface area contributed by atoms with Crippen LogP contribution < -0.4 is 15.5 Å². The molecule has 0 bridgehead atoms. The van der Waals surface area contributed by atoms with Crippen LogP contribution in [0.4, 0.5) is 19.0 Å². The Morgan fingerprint density at radius 3 is 2.67 bits per heavy atom. The van der Waals surface area contributed by atoms with Crippen molar-refractivity contribution in [2.75, 3.05) is 51.2 Å². The molecule has 0 spiro atoms. The number of aliphatic imine (C=N–C) groups is 1. The van der Waals surface area contributed by atoms with Gasteiger partial charge in [0.25, 0.3) is 0 Å². The number of nitrogens with zero attached hydrogens (tertiary/aromatic N) is 4. The minimum Gasteiger partial charge on any atom is -0.356 e. The molecule has 0 aromatic carbocycles. The molecule has 0 amide bonds. The number of hydrogen-bond donors (Lipinski definition) is 2. The van der Waals surface area contributed by atoms with Crippen LogP contribution in [0.25, 0.3) is 0 Å². The van der Waals surface area contributed by atoms with Crippen LogP contribution >= 0.6 is 11.6 Å². The molecule has 1 fully saturated rings. The lowest BCUT2D eigenvalue weighted by molar-refractivity contribution is -0.137. The fraction of sp³-hybridized carbons (Fsp3) is 0.700. The molecule has 6 nitrogen and oxygen atoms in total. The van der Waals surface area contributed by atoms with Crippen molar-refractivity contribution in [3.63, 3.8) is 0 Å². The molecule has 1 aromatic rings. The number of aromatic nitrogens is 1. The van der Waals surface area contributed by atoms with Crippen molar-refractivity contribution in [3.8, 4) is 0 Å². The molecule has 1 unspecified atom stereocenters. The van der Waals surface area contributed by atoms with Crippen LogP contribution in [0.1, 0.15) is 38.7 Å². The van der Waals surface area contributed by atoms with Gasteiger partial charge < -0.3 is 20.4 Å². The van der Waals surface area contributed by atoms with Crippen LogP contribution in [0.3, 0.4) is 0 Å². The van der Waals surface area contributed by atoms with E-state index in [0.717, 1.165) is 63.7 Å². The van der Waals surface area contributed by atoms with Crippen molar-refractivity contribution in [2.24, 2.45) is 4.99 Å². The third-order valence-electron chi connectivity index (χ3n) is 5.29. The highest BCUT2D eigenvalue weighted by molar-refractivity contribution is 6.33. The normalized spacial score (nSPS) is 17.7. The van der Waals surface area contributed by atoms with Gasteiger partial charge in [0.1, 0.15) is 5.82 Å². The standard InChI is InChI=1S/C20H32ClF3N6/c1-4-29(5-2)10-7-6-9-26-19(25-3)28-16-8-11-30(14-16)18-17(21)12-15(13-27-18)20(22,23)24/h12-13,16H,4-11,14H2,1-3H3,(H2,25,26,28). The minimum absolute atomic E-state index is 0.0150. The quantitative estimate of drug-likeness (QED) is 0.343. The van der Waals surface area contributed by atoms with Gasteiger partial charge in [0, 0.05) is 38.9 Å². The Labute approximate surface area is 181 Å². The Hall–Kier alpha value is -1.74. The van der Waals surface area contributed by atoms with Gasteiger partial charge in [-0.2, -0.15) is 13.2 Å². The van der Waals surface area contributed by atoms with Crippen molar-refractivity contribution >= 4 is 23.4 Å². The number of anilines is 1. The molecule has 2 heterocycles. The number of guanidine groups is 1. The lowest BCUT2D eigenvalue weighted by atomic mass is 10.2. The van der Waals surface area contributed by atoms with Crippen LogP contribution in [-0.2, 0) is 6.18 Å². The van der Waals surface area contributed by atoms with Crippen LogP contribution in [0.2, 0.25) is 5.02 Å². The molecule has 1 saturated heterocycles. The van der Waals surface area contributed by atoms with E-state index in [9.17, 15) is 13.2 Å². The van der Waals surface area contributed by atoms with Crippen molar-refractivity contribution in [3.05, 3.63) is 22.8 Å². The third-order valence-corrected chi connectivity index (χ3v) is 5.57. The summed E-state index contributed by atoms with van der Waals surface area (Å²) in [6.45, 7) is 9.68. The summed E-state index contributed by atoms with van der Waals surface area (Å²) < 4.78 is 38.4. The first-order valence-corrected chi connectivity index (χ1v) is 10.8. The molecule has 1 aromatic heterocycles. The van der Waals surface area contributed by atoms with Gasteiger partial charge in [-0.1, -0.05) is 25.4 Å². The number of halogens is 4. The lowest BCUT2D eigenvalue weighted by Gasteiger charge is -2.21. The van der Waals surface area contributed by atoms with Gasteiger partial charge in [-0.25, -0.2) is 4.98 Å². The summed E-state index contributed by atoms with van der Waals surface area (Å²) >= 11 is 6.07. The zero-order valence-corrected chi connectivity index (χ0v) is 18.7. The number of nitrogens with one attached hydrogen (secondary N) is 2. The highest BCUT2D eigenvalue weighted by atomic mass is 35.5. The van der Waals surface area contributed by atoms with Gasteiger partial charge in [0.2, 0.25) is 0 Å². The highest BCUT2D eigenvalue weighted by Crippen LogP contribution is 2.34. The molecule has 2 rings (SSSR count). The predicted molar refractivity (Wildman–Crippen MR) is 116 cm³/mol. The van der Waals surface area contributed by atoms with E-state index in [4.69, 9.17) is 11.6 Å². The minimum atomic E-state index is -4.45. The topological polar surface area (TPSA) is 55.8 Å². The first-order valence-electron chi connectivity index (χ1n) is 10.5. The molecule has 30 heavy (non-hydrogen) atoms. The second kappa shape index (κ2) is 11.6. The van der Waals surface area contributed by atoms with Crippen molar-refractivity contribution in [2.45, 2.75) is 45.3 Å². The molecule has 0 radical (unpaired) electrons. The van der Waals surface area contributed by atoms with Crippen LogP contribution in [0.15, 0.2) is 17.3 Å².